The topological polar surface area (TPSA) is 68.7 Å². The maximum Gasteiger partial charge on any atom is 0.310 e. The average Bonchev–Trinajstić information content (AvgIpc) is 2.47. The van der Waals surface area contributed by atoms with Crippen molar-refractivity contribution < 1.29 is 19.4 Å². The molecular weight excluding hydrogens is 258 g/mol. The third-order valence-corrected chi connectivity index (χ3v) is 4.14. The molecule has 1 N–H and O–H groups in total. The van der Waals surface area contributed by atoms with Crippen molar-refractivity contribution in [3.05, 3.63) is 18.0 Å². The Bertz CT molecular complexity index is 481. The fraction of sp³-hybridized carbons (Fsp3) is 0.600. The van der Waals surface area contributed by atoms with Crippen LogP contribution < -0.4 is 9.47 Å². The number of nitrogens with zero attached hydrogens (tertiary/aromatic N) is 1. The number of carboxylic acids is 1. The van der Waals surface area contributed by atoms with Crippen LogP contribution in [0.25, 0.3) is 0 Å². The van der Waals surface area contributed by atoms with Gasteiger partial charge in [-0.15, -0.1) is 0 Å². The van der Waals surface area contributed by atoms with Gasteiger partial charge in [-0.05, 0) is 12.8 Å². The molecule has 1 aromatic heterocycles. The van der Waals surface area contributed by atoms with Crippen LogP contribution in [0.2, 0.25) is 0 Å². The molecular formula is C15H21NO4. The first kappa shape index (κ1) is 14.6. The molecule has 1 aliphatic carbocycles. The predicted molar refractivity (Wildman–Crippen MR) is 74.2 cm³/mol. The monoisotopic (exact) mass is 279 g/mol. The van der Waals surface area contributed by atoms with Crippen molar-refractivity contribution in [2.45, 2.75) is 38.5 Å². The minimum absolute atomic E-state index is 0.392. The first-order chi connectivity index (χ1) is 9.63. The number of hydrogen-bond donors (Lipinski definition) is 1. The molecule has 110 valence electrons. The third-order valence-electron chi connectivity index (χ3n) is 4.14. The lowest BCUT2D eigenvalue weighted by Crippen LogP contribution is -2.35. The Hall–Kier alpha value is -1.78. The van der Waals surface area contributed by atoms with Crippen molar-refractivity contribution in [3.8, 4) is 11.5 Å². The summed E-state index contributed by atoms with van der Waals surface area (Å²) in [6.45, 7) is 0. The van der Waals surface area contributed by atoms with E-state index in [0.29, 0.717) is 36.5 Å². The fourth-order valence-electron chi connectivity index (χ4n) is 2.99. The van der Waals surface area contributed by atoms with E-state index >= 15 is 0 Å². The fourth-order valence-corrected chi connectivity index (χ4v) is 2.99. The van der Waals surface area contributed by atoms with E-state index in [1.807, 2.05) is 0 Å². The Morgan fingerprint density at radius 2 is 2.00 bits per heavy atom. The van der Waals surface area contributed by atoms with Crippen LogP contribution in [0.4, 0.5) is 0 Å². The number of carboxylic acid groups (broad SMARTS) is 1. The van der Waals surface area contributed by atoms with E-state index in [2.05, 4.69) is 4.98 Å². The summed E-state index contributed by atoms with van der Waals surface area (Å²) in [5.41, 5.74) is -0.0543. The number of methoxy groups -OCH3 is 2. The van der Waals surface area contributed by atoms with Crippen LogP contribution in [0.3, 0.4) is 0 Å². The molecule has 1 heterocycles. The number of ether oxygens (including phenoxy) is 2. The second-order valence-electron chi connectivity index (χ2n) is 5.32. The van der Waals surface area contributed by atoms with Crippen LogP contribution in [0.1, 0.15) is 37.8 Å². The molecule has 0 bridgehead atoms. The summed E-state index contributed by atoms with van der Waals surface area (Å²) >= 11 is 0. The van der Waals surface area contributed by atoms with E-state index in [1.165, 1.54) is 0 Å². The summed E-state index contributed by atoms with van der Waals surface area (Å²) in [5, 5.41) is 9.64. The van der Waals surface area contributed by atoms with E-state index in [4.69, 9.17) is 9.47 Å². The Morgan fingerprint density at radius 3 is 2.55 bits per heavy atom. The summed E-state index contributed by atoms with van der Waals surface area (Å²) in [6.07, 6.45) is 6.45. The van der Waals surface area contributed by atoms with Gasteiger partial charge in [0.2, 0.25) is 0 Å². The molecule has 2 rings (SSSR count). The zero-order valence-corrected chi connectivity index (χ0v) is 12.0. The lowest BCUT2D eigenvalue weighted by atomic mass is 9.71. The molecule has 0 atom stereocenters. The molecule has 0 aromatic carbocycles. The number of hydrogen-bond acceptors (Lipinski definition) is 4. The van der Waals surface area contributed by atoms with Gasteiger partial charge in [-0.3, -0.25) is 9.78 Å². The maximum absolute atomic E-state index is 11.7. The first-order valence-electron chi connectivity index (χ1n) is 6.92. The molecule has 0 aliphatic heterocycles. The van der Waals surface area contributed by atoms with E-state index in [0.717, 1.165) is 19.3 Å². The van der Waals surface area contributed by atoms with Crippen LogP contribution in [0, 0.1) is 5.41 Å². The SMILES string of the molecule is COc1ccnc(CC2(C(=O)O)CCCCC2)c1OC. The Morgan fingerprint density at radius 1 is 1.30 bits per heavy atom. The average molecular weight is 279 g/mol. The van der Waals surface area contributed by atoms with E-state index in [9.17, 15) is 9.90 Å². The first-order valence-corrected chi connectivity index (χ1v) is 6.92. The second kappa shape index (κ2) is 6.11. The van der Waals surface area contributed by atoms with E-state index < -0.39 is 11.4 Å². The number of aliphatic carboxylic acids is 1. The van der Waals surface area contributed by atoms with Gasteiger partial charge in [0.15, 0.2) is 11.5 Å². The maximum atomic E-state index is 11.7. The quantitative estimate of drug-likeness (QED) is 0.897. The van der Waals surface area contributed by atoms with E-state index in [-0.39, 0.29) is 0 Å². The second-order valence-corrected chi connectivity index (χ2v) is 5.32. The molecule has 0 amide bonds. The number of pyridine rings is 1. The third kappa shape index (κ3) is 2.71. The van der Waals surface area contributed by atoms with Gasteiger partial charge in [0, 0.05) is 18.7 Å². The Kier molecular flexibility index (Phi) is 4.47. The summed E-state index contributed by atoms with van der Waals surface area (Å²) in [5.74, 6) is 0.402. The van der Waals surface area contributed by atoms with Crippen molar-refractivity contribution in [2.24, 2.45) is 5.41 Å². The lowest BCUT2D eigenvalue weighted by Gasteiger charge is -2.33. The van der Waals surface area contributed by atoms with Crippen LogP contribution in [-0.2, 0) is 11.2 Å². The molecule has 0 saturated heterocycles. The molecule has 1 aromatic rings. The van der Waals surface area contributed by atoms with Crippen LogP contribution in [-0.4, -0.2) is 30.3 Å². The molecule has 1 aliphatic rings. The predicted octanol–water partition coefficient (Wildman–Crippen LogP) is 2.68. The van der Waals surface area contributed by atoms with Crippen molar-refractivity contribution in [3.63, 3.8) is 0 Å². The smallest absolute Gasteiger partial charge is 0.310 e. The van der Waals surface area contributed by atoms with Gasteiger partial charge >= 0.3 is 5.97 Å². The zero-order chi connectivity index (χ0) is 14.6. The zero-order valence-electron chi connectivity index (χ0n) is 12.0. The van der Waals surface area contributed by atoms with Gasteiger partial charge in [0.25, 0.3) is 0 Å². The van der Waals surface area contributed by atoms with E-state index in [1.54, 1.807) is 26.5 Å². The number of rotatable bonds is 5. The van der Waals surface area contributed by atoms with Crippen molar-refractivity contribution in [1.29, 1.82) is 0 Å². The van der Waals surface area contributed by atoms with Gasteiger partial charge in [0.1, 0.15) is 0 Å². The molecule has 5 nitrogen and oxygen atoms in total. The van der Waals surface area contributed by atoms with Crippen molar-refractivity contribution in [2.75, 3.05) is 14.2 Å². The molecule has 0 radical (unpaired) electrons. The summed E-state index contributed by atoms with van der Waals surface area (Å²) in [6, 6.07) is 1.72. The molecule has 0 spiro atoms. The number of carbonyl (C=O) groups is 1. The van der Waals surface area contributed by atoms with Gasteiger partial charge in [-0.2, -0.15) is 0 Å². The Balaban J connectivity index is 2.34. The highest BCUT2D eigenvalue weighted by Crippen LogP contribution is 2.42. The largest absolute Gasteiger partial charge is 0.493 e. The minimum atomic E-state index is -0.733. The molecule has 20 heavy (non-hydrogen) atoms. The Labute approximate surface area is 118 Å². The van der Waals surface area contributed by atoms with Gasteiger partial charge < -0.3 is 14.6 Å². The highest BCUT2D eigenvalue weighted by molar-refractivity contribution is 5.75. The molecule has 1 saturated carbocycles. The molecule has 0 unspecified atom stereocenters. The van der Waals surface area contributed by atoms with Crippen LogP contribution in [0.5, 0.6) is 11.5 Å². The summed E-state index contributed by atoms with van der Waals surface area (Å²) in [4.78, 5) is 16.0. The highest BCUT2D eigenvalue weighted by Gasteiger charge is 2.41. The standard InChI is InChI=1S/C15H21NO4/c1-19-12-6-9-16-11(13(12)20-2)10-15(14(17)18)7-4-3-5-8-15/h6,9H,3-5,7-8,10H2,1-2H3,(H,17,18). The number of aromatic nitrogens is 1. The summed E-state index contributed by atoms with van der Waals surface area (Å²) < 4.78 is 10.6. The molecule has 1 fully saturated rings. The van der Waals surface area contributed by atoms with Gasteiger partial charge in [-0.25, -0.2) is 0 Å². The lowest BCUT2D eigenvalue weighted by molar-refractivity contribution is -0.151. The highest BCUT2D eigenvalue weighted by atomic mass is 16.5. The molecule has 5 heteroatoms. The van der Waals surface area contributed by atoms with Crippen LogP contribution in [0.15, 0.2) is 12.3 Å². The normalized spacial score (nSPS) is 17.5. The van der Waals surface area contributed by atoms with Crippen LogP contribution >= 0.6 is 0 Å². The van der Waals surface area contributed by atoms with Crippen molar-refractivity contribution in [1.82, 2.24) is 4.98 Å². The van der Waals surface area contributed by atoms with Crippen molar-refractivity contribution >= 4 is 5.97 Å². The minimum Gasteiger partial charge on any atom is -0.493 e. The summed E-state index contributed by atoms with van der Waals surface area (Å²) in [7, 11) is 3.12. The van der Waals surface area contributed by atoms with Gasteiger partial charge in [-0.1, -0.05) is 19.3 Å². The van der Waals surface area contributed by atoms with Gasteiger partial charge in [0.05, 0.1) is 25.3 Å².